The van der Waals surface area contributed by atoms with E-state index in [1.165, 1.54) is 12.8 Å². The molecule has 2 heteroatoms. The number of rotatable bonds is 2. The molecule has 0 aromatic rings. The topological polar surface area (TPSA) is 26.3 Å². The molecular weight excluding hydrogens is 140 g/mol. The first-order valence-corrected chi connectivity index (χ1v) is 4.23. The smallest absolute Gasteiger partial charge is 0.308 e. The van der Waals surface area contributed by atoms with Crippen molar-refractivity contribution in [1.82, 2.24) is 0 Å². The summed E-state index contributed by atoms with van der Waals surface area (Å²) in [6.07, 6.45) is 4.66. The Morgan fingerprint density at radius 1 is 1.55 bits per heavy atom. The van der Waals surface area contributed by atoms with Crippen LogP contribution in [-0.4, -0.2) is 12.1 Å². The van der Waals surface area contributed by atoms with Gasteiger partial charge in [-0.3, -0.25) is 4.79 Å². The van der Waals surface area contributed by atoms with Crippen LogP contribution in [0.15, 0.2) is 0 Å². The van der Waals surface area contributed by atoms with Crippen LogP contribution in [0.5, 0.6) is 0 Å². The van der Waals surface area contributed by atoms with Gasteiger partial charge in [0.25, 0.3) is 0 Å². The lowest BCUT2D eigenvalue weighted by molar-refractivity contribution is -0.151. The van der Waals surface area contributed by atoms with Crippen LogP contribution in [0.3, 0.4) is 0 Å². The minimum absolute atomic E-state index is 0.156. The predicted octanol–water partition coefficient (Wildman–Crippen LogP) is 1.94. The van der Waals surface area contributed by atoms with Crippen LogP contribution in [0.25, 0.3) is 0 Å². The van der Waals surface area contributed by atoms with E-state index in [4.69, 9.17) is 4.74 Å². The monoisotopic (exact) mass is 155 g/mol. The van der Waals surface area contributed by atoms with Crippen molar-refractivity contribution in [3.63, 3.8) is 0 Å². The Morgan fingerprint density at radius 3 is 2.55 bits per heavy atom. The number of hydrogen-bond donors (Lipinski definition) is 0. The molecule has 0 aliphatic heterocycles. The molecule has 0 heterocycles. The van der Waals surface area contributed by atoms with Gasteiger partial charge in [-0.05, 0) is 32.6 Å². The van der Waals surface area contributed by atoms with E-state index in [9.17, 15) is 4.79 Å². The van der Waals surface area contributed by atoms with Gasteiger partial charge >= 0.3 is 5.97 Å². The Kier molecular flexibility index (Phi) is 2.92. The molecule has 2 nitrogen and oxygen atoms in total. The first-order chi connectivity index (χ1) is 5.20. The molecule has 0 bridgehead atoms. The zero-order valence-electron chi connectivity index (χ0n) is 7.01. The number of hydrogen-bond acceptors (Lipinski definition) is 2. The average molecular weight is 155 g/mol. The Balaban J connectivity index is 2.24. The van der Waals surface area contributed by atoms with Crippen LogP contribution in [-0.2, 0) is 9.53 Å². The van der Waals surface area contributed by atoms with E-state index in [1.807, 2.05) is 0 Å². The van der Waals surface area contributed by atoms with E-state index in [2.05, 4.69) is 6.92 Å². The van der Waals surface area contributed by atoms with Crippen molar-refractivity contribution < 1.29 is 9.53 Å². The lowest BCUT2D eigenvalue weighted by Gasteiger charge is -2.12. The molecule has 0 aromatic heterocycles. The molecule has 1 unspecified atom stereocenters. The van der Waals surface area contributed by atoms with Gasteiger partial charge in [-0.25, -0.2) is 0 Å². The number of ether oxygens (including phenoxy) is 1. The quantitative estimate of drug-likeness (QED) is 0.570. The lowest BCUT2D eigenvalue weighted by atomic mass is 10.2. The van der Waals surface area contributed by atoms with Crippen LogP contribution in [0.1, 0.15) is 32.6 Å². The third kappa shape index (κ3) is 2.52. The van der Waals surface area contributed by atoms with Gasteiger partial charge in [0.15, 0.2) is 0 Å². The Hall–Kier alpha value is -0.530. The van der Waals surface area contributed by atoms with E-state index >= 15 is 0 Å². The lowest BCUT2D eigenvalue weighted by Crippen LogP contribution is -2.18. The number of carbonyl (C=O) groups excluding carboxylic acids is 1. The van der Waals surface area contributed by atoms with Gasteiger partial charge < -0.3 is 4.74 Å². The Bertz CT molecular complexity index is 134. The van der Waals surface area contributed by atoms with E-state index < -0.39 is 0 Å². The summed E-state index contributed by atoms with van der Waals surface area (Å²) in [6.45, 7) is 5.37. The number of esters is 1. The van der Waals surface area contributed by atoms with Crippen LogP contribution in [0.4, 0.5) is 0 Å². The van der Waals surface area contributed by atoms with Crippen molar-refractivity contribution >= 4 is 5.97 Å². The minimum atomic E-state index is -0.226. The summed E-state index contributed by atoms with van der Waals surface area (Å²) in [4.78, 5) is 11.0. The van der Waals surface area contributed by atoms with Crippen molar-refractivity contribution in [1.29, 1.82) is 0 Å². The van der Waals surface area contributed by atoms with Gasteiger partial charge in [0.2, 0.25) is 0 Å². The molecule has 1 radical (unpaired) electrons. The molecule has 0 N–H and O–H groups in total. The summed E-state index contributed by atoms with van der Waals surface area (Å²) >= 11 is 0. The van der Waals surface area contributed by atoms with Gasteiger partial charge in [-0.2, -0.15) is 0 Å². The van der Waals surface area contributed by atoms with Crippen molar-refractivity contribution in [2.45, 2.75) is 38.7 Å². The van der Waals surface area contributed by atoms with Crippen LogP contribution < -0.4 is 0 Å². The highest BCUT2D eigenvalue weighted by Gasteiger charge is 2.20. The first-order valence-electron chi connectivity index (χ1n) is 4.23. The molecule has 1 atom stereocenters. The maximum absolute atomic E-state index is 11.0. The molecule has 0 spiro atoms. The van der Waals surface area contributed by atoms with Crippen molar-refractivity contribution in [2.75, 3.05) is 0 Å². The maximum atomic E-state index is 11.0. The highest BCUT2D eigenvalue weighted by Crippen LogP contribution is 2.21. The average Bonchev–Trinajstić information content (AvgIpc) is 2.39. The van der Waals surface area contributed by atoms with Gasteiger partial charge in [-0.15, -0.1) is 0 Å². The molecule has 1 fully saturated rings. The van der Waals surface area contributed by atoms with E-state index in [-0.39, 0.29) is 18.0 Å². The van der Waals surface area contributed by atoms with Crippen molar-refractivity contribution in [2.24, 2.45) is 5.92 Å². The molecule has 1 aliphatic rings. The van der Waals surface area contributed by atoms with E-state index in [0.29, 0.717) is 0 Å². The molecule has 1 rings (SSSR count). The second kappa shape index (κ2) is 3.74. The fourth-order valence-corrected chi connectivity index (χ4v) is 1.29. The molecule has 1 saturated carbocycles. The third-order valence-electron chi connectivity index (χ3n) is 1.99. The fourth-order valence-electron chi connectivity index (χ4n) is 1.29. The van der Waals surface area contributed by atoms with Gasteiger partial charge in [0.05, 0.1) is 5.92 Å². The van der Waals surface area contributed by atoms with Crippen LogP contribution in [0.2, 0.25) is 0 Å². The third-order valence-corrected chi connectivity index (χ3v) is 1.99. The van der Waals surface area contributed by atoms with Crippen molar-refractivity contribution in [3.8, 4) is 0 Å². The summed E-state index contributed by atoms with van der Waals surface area (Å²) in [6, 6.07) is 0. The largest absolute Gasteiger partial charge is 0.462 e. The summed E-state index contributed by atoms with van der Waals surface area (Å²) < 4.78 is 5.17. The number of carbonyl (C=O) groups is 1. The SMILES string of the molecule is [CH2]C(C)C(=O)OC1CCCC1. The molecule has 1 aliphatic carbocycles. The molecule has 0 aromatic carbocycles. The molecule has 63 valence electrons. The first kappa shape index (κ1) is 8.57. The highest BCUT2D eigenvalue weighted by molar-refractivity contribution is 5.72. The minimum Gasteiger partial charge on any atom is -0.462 e. The molecule has 11 heavy (non-hydrogen) atoms. The second-order valence-electron chi connectivity index (χ2n) is 3.24. The van der Waals surface area contributed by atoms with Crippen molar-refractivity contribution in [3.05, 3.63) is 6.92 Å². The fraction of sp³-hybridized carbons (Fsp3) is 0.778. The zero-order valence-corrected chi connectivity index (χ0v) is 7.01. The van der Waals surface area contributed by atoms with Gasteiger partial charge in [0.1, 0.15) is 6.10 Å². The second-order valence-corrected chi connectivity index (χ2v) is 3.24. The van der Waals surface area contributed by atoms with Gasteiger partial charge in [-0.1, -0.05) is 6.92 Å². The predicted molar refractivity (Wildman–Crippen MR) is 42.9 cm³/mol. The Morgan fingerprint density at radius 2 is 2.09 bits per heavy atom. The van der Waals surface area contributed by atoms with Gasteiger partial charge in [0, 0.05) is 0 Å². The van der Waals surface area contributed by atoms with Crippen LogP contribution >= 0.6 is 0 Å². The standard InChI is InChI=1S/C9H15O2/c1-7(2)9(10)11-8-5-3-4-6-8/h7-8H,1,3-6H2,2H3. The highest BCUT2D eigenvalue weighted by atomic mass is 16.5. The Labute approximate surface area is 67.9 Å². The molecule has 0 saturated heterocycles. The molecular formula is C9H15O2. The summed E-state index contributed by atoms with van der Waals surface area (Å²) in [7, 11) is 0. The summed E-state index contributed by atoms with van der Waals surface area (Å²) in [5.74, 6) is -0.382. The summed E-state index contributed by atoms with van der Waals surface area (Å²) in [5.41, 5.74) is 0. The summed E-state index contributed by atoms with van der Waals surface area (Å²) in [5, 5.41) is 0. The normalized spacial score (nSPS) is 19.2. The zero-order chi connectivity index (χ0) is 8.27. The maximum Gasteiger partial charge on any atom is 0.308 e. The molecule has 0 amide bonds. The van der Waals surface area contributed by atoms with Crippen LogP contribution in [0, 0.1) is 12.8 Å². The van der Waals surface area contributed by atoms with E-state index in [0.717, 1.165) is 12.8 Å². The van der Waals surface area contributed by atoms with E-state index in [1.54, 1.807) is 6.92 Å².